The van der Waals surface area contributed by atoms with Gasteiger partial charge in [0.2, 0.25) is 15.9 Å². The zero-order valence-electron chi connectivity index (χ0n) is 16.0. The highest BCUT2D eigenvalue weighted by atomic mass is 35.5. The number of halogens is 1. The molecule has 150 valence electrons. The maximum Gasteiger partial charge on any atom is 0.243 e. The minimum Gasteiger partial charge on any atom is -0.375 e. The Balaban J connectivity index is 1.59. The molecule has 0 aromatic heterocycles. The van der Waals surface area contributed by atoms with Crippen LogP contribution in [-0.2, 0) is 14.8 Å². The van der Waals surface area contributed by atoms with E-state index < -0.39 is 10.0 Å². The Morgan fingerprint density at radius 2 is 1.75 bits per heavy atom. The zero-order chi connectivity index (χ0) is 20.3. The predicted molar refractivity (Wildman–Crippen MR) is 111 cm³/mol. The van der Waals surface area contributed by atoms with Crippen molar-refractivity contribution in [3.05, 3.63) is 58.6 Å². The van der Waals surface area contributed by atoms with Crippen molar-refractivity contribution in [3.63, 3.8) is 0 Å². The van der Waals surface area contributed by atoms with Crippen LogP contribution >= 0.6 is 11.6 Å². The quantitative estimate of drug-likeness (QED) is 0.805. The van der Waals surface area contributed by atoms with E-state index in [9.17, 15) is 13.2 Å². The predicted octanol–water partition coefficient (Wildman–Crippen LogP) is 2.90. The van der Waals surface area contributed by atoms with Crippen molar-refractivity contribution in [3.8, 4) is 0 Å². The Labute approximate surface area is 171 Å². The van der Waals surface area contributed by atoms with Crippen LogP contribution in [0.15, 0.2) is 47.4 Å². The van der Waals surface area contributed by atoms with Crippen molar-refractivity contribution in [1.82, 2.24) is 9.21 Å². The molecule has 0 radical (unpaired) electrons. The highest BCUT2D eigenvalue weighted by molar-refractivity contribution is 7.89. The van der Waals surface area contributed by atoms with E-state index in [1.54, 1.807) is 30.0 Å². The van der Waals surface area contributed by atoms with Crippen LogP contribution in [0.1, 0.15) is 11.1 Å². The number of piperazine rings is 1. The number of benzene rings is 2. The lowest BCUT2D eigenvalue weighted by atomic mass is 10.2. The summed E-state index contributed by atoms with van der Waals surface area (Å²) in [7, 11) is -3.56. The molecule has 1 heterocycles. The fourth-order valence-corrected chi connectivity index (χ4v) is 5.12. The topological polar surface area (TPSA) is 69.7 Å². The Hall–Kier alpha value is -2.09. The normalized spacial score (nSPS) is 15.5. The maximum atomic E-state index is 12.9. The van der Waals surface area contributed by atoms with Gasteiger partial charge in [0.25, 0.3) is 0 Å². The van der Waals surface area contributed by atoms with Crippen molar-refractivity contribution in [2.75, 3.05) is 38.0 Å². The molecular formula is C20H24ClN3O3S. The largest absolute Gasteiger partial charge is 0.375 e. The lowest BCUT2D eigenvalue weighted by Crippen LogP contribution is -2.51. The van der Waals surface area contributed by atoms with E-state index in [4.69, 9.17) is 11.6 Å². The van der Waals surface area contributed by atoms with Crippen molar-refractivity contribution in [1.29, 1.82) is 0 Å². The molecule has 28 heavy (non-hydrogen) atoms. The van der Waals surface area contributed by atoms with E-state index in [0.29, 0.717) is 28.7 Å². The van der Waals surface area contributed by atoms with Crippen molar-refractivity contribution >= 4 is 33.2 Å². The van der Waals surface area contributed by atoms with Crippen LogP contribution in [0.25, 0.3) is 0 Å². The van der Waals surface area contributed by atoms with Gasteiger partial charge in [0.15, 0.2) is 0 Å². The highest BCUT2D eigenvalue weighted by Crippen LogP contribution is 2.23. The Bertz CT molecular complexity index is 970. The first-order valence-electron chi connectivity index (χ1n) is 9.12. The van der Waals surface area contributed by atoms with Crippen molar-refractivity contribution in [2.24, 2.45) is 0 Å². The van der Waals surface area contributed by atoms with Crippen molar-refractivity contribution in [2.45, 2.75) is 18.7 Å². The molecule has 1 fully saturated rings. The minimum atomic E-state index is -3.56. The monoisotopic (exact) mass is 421 g/mol. The van der Waals surface area contributed by atoms with E-state index in [2.05, 4.69) is 5.32 Å². The fraction of sp³-hybridized carbons (Fsp3) is 0.350. The molecule has 2 aromatic carbocycles. The number of hydrogen-bond donors (Lipinski definition) is 1. The summed E-state index contributed by atoms with van der Waals surface area (Å²) in [5, 5.41) is 3.59. The summed E-state index contributed by atoms with van der Waals surface area (Å²) in [6, 6.07) is 12.6. The molecule has 8 heteroatoms. The van der Waals surface area contributed by atoms with E-state index >= 15 is 0 Å². The number of carbonyl (C=O) groups excluding carboxylic acids is 1. The van der Waals surface area contributed by atoms with Gasteiger partial charge in [-0.25, -0.2) is 8.42 Å². The number of sulfonamides is 1. The second-order valence-corrected chi connectivity index (χ2v) is 9.20. The zero-order valence-corrected chi connectivity index (χ0v) is 17.6. The van der Waals surface area contributed by atoms with Gasteiger partial charge in [-0.3, -0.25) is 4.79 Å². The molecule has 1 aliphatic heterocycles. The van der Waals surface area contributed by atoms with Crippen LogP contribution in [0.5, 0.6) is 0 Å². The fourth-order valence-electron chi connectivity index (χ4n) is 3.29. The third-order valence-corrected chi connectivity index (χ3v) is 7.23. The lowest BCUT2D eigenvalue weighted by Gasteiger charge is -2.34. The van der Waals surface area contributed by atoms with Gasteiger partial charge in [-0.05, 0) is 37.6 Å². The average Bonchev–Trinajstić information content (AvgIpc) is 2.67. The van der Waals surface area contributed by atoms with E-state index in [0.717, 1.165) is 11.1 Å². The third kappa shape index (κ3) is 4.48. The minimum absolute atomic E-state index is 0.0801. The standard InChI is InChI=1S/C20H24ClN3O3S/c1-15-7-8-19(16(2)13-15)28(26,27)24-11-9-23(10-12-24)20(25)14-22-18-6-4-3-5-17(18)21/h3-8,13,22H,9-12,14H2,1-2H3. The molecule has 0 spiro atoms. The first kappa shape index (κ1) is 20.6. The maximum absolute atomic E-state index is 12.9. The lowest BCUT2D eigenvalue weighted by molar-refractivity contribution is -0.130. The number of nitrogens with one attached hydrogen (secondary N) is 1. The molecule has 0 unspecified atom stereocenters. The van der Waals surface area contributed by atoms with Gasteiger partial charge in [0.05, 0.1) is 22.2 Å². The van der Waals surface area contributed by atoms with Crippen LogP contribution in [-0.4, -0.2) is 56.3 Å². The van der Waals surface area contributed by atoms with Crippen LogP contribution in [0, 0.1) is 13.8 Å². The first-order chi connectivity index (χ1) is 13.3. The molecule has 1 saturated heterocycles. The van der Waals surface area contributed by atoms with Gasteiger partial charge < -0.3 is 10.2 Å². The summed E-state index contributed by atoms with van der Waals surface area (Å²) in [4.78, 5) is 14.5. The average molecular weight is 422 g/mol. The summed E-state index contributed by atoms with van der Waals surface area (Å²) < 4.78 is 27.3. The SMILES string of the molecule is Cc1ccc(S(=O)(=O)N2CCN(C(=O)CNc3ccccc3Cl)CC2)c(C)c1. The molecule has 2 aromatic rings. The van der Waals surface area contributed by atoms with Gasteiger partial charge in [-0.2, -0.15) is 4.31 Å². The van der Waals surface area contributed by atoms with Crippen LogP contribution in [0.4, 0.5) is 5.69 Å². The number of para-hydroxylation sites is 1. The Kier molecular flexibility index (Phi) is 6.27. The molecular weight excluding hydrogens is 398 g/mol. The third-order valence-electron chi connectivity index (χ3n) is 4.84. The summed E-state index contributed by atoms with van der Waals surface area (Å²) in [6.45, 7) is 5.17. The molecule has 0 aliphatic carbocycles. The second-order valence-electron chi connectivity index (χ2n) is 6.89. The summed E-state index contributed by atoms with van der Waals surface area (Å²) >= 11 is 6.08. The molecule has 0 bridgehead atoms. The van der Waals surface area contributed by atoms with Gasteiger partial charge in [-0.15, -0.1) is 0 Å². The smallest absolute Gasteiger partial charge is 0.243 e. The van der Waals surface area contributed by atoms with E-state index in [1.165, 1.54) is 4.31 Å². The summed E-state index contributed by atoms with van der Waals surface area (Å²) in [5.41, 5.74) is 2.47. The van der Waals surface area contributed by atoms with E-state index in [-0.39, 0.29) is 25.5 Å². The van der Waals surface area contributed by atoms with Gasteiger partial charge in [0.1, 0.15) is 0 Å². The number of nitrogens with zero attached hydrogens (tertiary/aromatic N) is 2. The van der Waals surface area contributed by atoms with Crippen molar-refractivity contribution < 1.29 is 13.2 Å². The molecule has 0 saturated carbocycles. The number of rotatable bonds is 5. The molecule has 1 N–H and O–H groups in total. The number of amides is 1. The van der Waals surface area contributed by atoms with Gasteiger partial charge in [-0.1, -0.05) is 41.4 Å². The first-order valence-corrected chi connectivity index (χ1v) is 10.9. The number of aryl methyl sites for hydroxylation is 2. The Morgan fingerprint density at radius 1 is 1.07 bits per heavy atom. The Morgan fingerprint density at radius 3 is 2.39 bits per heavy atom. The van der Waals surface area contributed by atoms with Crippen LogP contribution in [0.3, 0.4) is 0 Å². The van der Waals surface area contributed by atoms with E-state index in [1.807, 2.05) is 31.2 Å². The molecule has 3 rings (SSSR count). The van der Waals surface area contributed by atoms with Crippen LogP contribution in [0.2, 0.25) is 5.02 Å². The molecule has 6 nitrogen and oxygen atoms in total. The summed E-state index contributed by atoms with van der Waals surface area (Å²) in [5.74, 6) is -0.0801. The number of anilines is 1. The summed E-state index contributed by atoms with van der Waals surface area (Å²) in [6.07, 6.45) is 0. The van der Waals surface area contributed by atoms with Gasteiger partial charge in [0, 0.05) is 26.2 Å². The van der Waals surface area contributed by atoms with Crippen LogP contribution < -0.4 is 5.32 Å². The highest BCUT2D eigenvalue weighted by Gasteiger charge is 2.30. The van der Waals surface area contributed by atoms with Gasteiger partial charge >= 0.3 is 0 Å². The number of hydrogen-bond acceptors (Lipinski definition) is 4. The number of carbonyl (C=O) groups is 1. The molecule has 1 amide bonds. The second kappa shape index (κ2) is 8.51. The molecule has 0 atom stereocenters. The molecule has 1 aliphatic rings.